The first-order valence-corrected chi connectivity index (χ1v) is 8.78. The molecule has 27 heavy (non-hydrogen) atoms. The molecule has 7 nitrogen and oxygen atoms in total. The molecule has 1 aromatic carbocycles. The van der Waals surface area contributed by atoms with Crippen LogP contribution in [-0.4, -0.2) is 44.0 Å². The number of aryl methyl sites for hydroxylation is 1. The third-order valence-electron chi connectivity index (χ3n) is 4.69. The van der Waals surface area contributed by atoms with E-state index in [0.29, 0.717) is 43.3 Å². The molecule has 0 N–H and O–H groups in total. The van der Waals surface area contributed by atoms with E-state index in [0.717, 1.165) is 5.69 Å². The summed E-state index contributed by atoms with van der Waals surface area (Å²) in [5.41, 5.74) is 1.45. The molecule has 0 atom stereocenters. The fraction of sp³-hybridized carbons (Fsp3) is 0.316. The van der Waals surface area contributed by atoms with Crippen molar-refractivity contribution in [3.63, 3.8) is 0 Å². The lowest BCUT2D eigenvalue weighted by molar-refractivity contribution is 0.0706. The lowest BCUT2D eigenvalue weighted by Crippen LogP contribution is -2.38. The number of amides is 1. The van der Waals surface area contributed by atoms with Gasteiger partial charge in [0, 0.05) is 25.2 Å². The van der Waals surface area contributed by atoms with Crippen molar-refractivity contribution in [3.8, 4) is 11.6 Å². The van der Waals surface area contributed by atoms with Crippen LogP contribution in [0, 0.1) is 12.7 Å². The lowest BCUT2D eigenvalue weighted by atomic mass is 9.95. The zero-order valence-corrected chi connectivity index (χ0v) is 14.8. The second-order valence-corrected chi connectivity index (χ2v) is 6.55. The summed E-state index contributed by atoms with van der Waals surface area (Å²) in [4.78, 5) is 27.0. The molecule has 0 radical (unpaired) electrons. The summed E-state index contributed by atoms with van der Waals surface area (Å²) >= 11 is 0. The van der Waals surface area contributed by atoms with Crippen LogP contribution in [0.15, 0.2) is 41.2 Å². The van der Waals surface area contributed by atoms with Crippen LogP contribution < -0.4 is 0 Å². The molecular weight excluding hydrogens is 349 g/mol. The number of rotatable bonds is 3. The summed E-state index contributed by atoms with van der Waals surface area (Å²) in [5.74, 6) is 0.250. The minimum Gasteiger partial charge on any atom is -0.339 e. The minimum absolute atomic E-state index is 0.0885. The molecule has 0 saturated carbocycles. The summed E-state index contributed by atoms with van der Waals surface area (Å²) in [6.07, 6.45) is 4.63. The van der Waals surface area contributed by atoms with Crippen molar-refractivity contribution < 1.29 is 13.7 Å². The quantitative estimate of drug-likeness (QED) is 0.707. The third kappa shape index (κ3) is 3.55. The molecular formula is C19H18FN5O2. The molecule has 3 aromatic rings. The van der Waals surface area contributed by atoms with Crippen LogP contribution in [0.1, 0.15) is 40.6 Å². The highest BCUT2D eigenvalue weighted by molar-refractivity contribution is 5.94. The van der Waals surface area contributed by atoms with Crippen LogP contribution in [0.5, 0.6) is 0 Å². The van der Waals surface area contributed by atoms with Gasteiger partial charge >= 0.3 is 0 Å². The van der Waals surface area contributed by atoms with Crippen molar-refractivity contribution in [2.75, 3.05) is 13.1 Å². The summed E-state index contributed by atoms with van der Waals surface area (Å²) < 4.78 is 19.1. The summed E-state index contributed by atoms with van der Waals surface area (Å²) in [6, 6.07) is 6.05. The summed E-state index contributed by atoms with van der Waals surface area (Å²) in [5, 5.41) is 4.06. The first kappa shape index (κ1) is 17.3. The van der Waals surface area contributed by atoms with Crippen LogP contribution >= 0.6 is 0 Å². The largest absolute Gasteiger partial charge is 0.339 e. The van der Waals surface area contributed by atoms with Crippen molar-refractivity contribution in [1.29, 1.82) is 0 Å². The average Bonchev–Trinajstić information content (AvgIpc) is 3.19. The standard InChI is InChI=1S/C19H18FN5O2/c1-12-10-22-16(11-21-12)18-23-17(24-27-18)13-6-8-25(9-7-13)19(26)14-4-2-3-5-15(14)20/h2-5,10-11,13H,6-9H2,1H3. The SMILES string of the molecule is Cc1cnc(-c2nc(C3CCN(C(=O)c4ccccc4F)CC3)no2)cn1. The van der Waals surface area contributed by atoms with E-state index in [1.54, 1.807) is 29.4 Å². The van der Waals surface area contributed by atoms with Gasteiger partial charge in [0.1, 0.15) is 11.5 Å². The van der Waals surface area contributed by atoms with Gasteiger partial charge in [-0.1, -0.05) is 17.3 Å². The maximum absolute atomic E-state index is 13.8. The van der Waals surface area contributed by atoms with Gasteiger partial charge in [-0.05, 0) is 31.9 Å². The summed E-state index contributed by atoms with van der Waals surface area (Å²) in [6.45, 7) is 2.89. The second kappa shape index (κ2) is 7.22. The number of hydrogen-bond donors (Lipinski definition) is 0. The van der Waals surface area contributed by atoms with Crippen molar-refractivity contribution in [3.05, 3.63) is 59.6 Å². The predicted octanol–water partition coefficient (Wildman–Crippen LogP) is 2.99. The molecule has 1 fully saturated rings. The van der Waals surface area contributed by atoms with Crippen LogP contribution in [-0.2, 0) is 0 Å². The van der Waals surface area contributed by atoms with Crippen LogP contribution in [0.2, 0.25) is 0 Å². The van der Waals surface area contributed by atoms with Crippen LogP contribution in [0.3, 0.4) is 0 Å². The van der Waals surface area contributed by atoms with Crippen LogP contribution in [0.4, 0.5) is 4.39 Å². The number of halogens is 1. The molecule has 0 aliphatic carbocycles. The smallest absolute Gasteiger partial charge is 0.278 e. The molecule has 0 spiro atoms. The summed E-state index contributed by atoms with van der Waals surface area (Å²) in [7, 11) is 0. The van der Waals surface area contributed by atoms with Gasteiger partial charge < -0.3 is 9.42 Å². The maximum atomic E-state index is 13.8. The lowest BCUT2D eigenvalue weighted by Gasteiger charge is -2.30. The van der Waals surface area contributed by atoms with Gasteiger partial charge in [-0.2, -0.15) is 4.98 Å². The van der Waals surface area contributed by atoms with Crippen molar-refractivity contribution in [1.82, 2.24) is 25.0 Å². The molecule has 0 unspecified atom stereocenters. The molecule has 1 aliphatic rings. The number of benzene rings is 1. The van der Waals surface area contributed by atoms with E-state index in [1.807, 2.05) is 6.92 Å². The molecule has 1 aliphatic heterocycles. The Balaban J connectivity index is 1.42. The van der Waals surface area contributed by atoms with Crippen LogP contribution in [0.25, 0.3) is 11.6 Å². The average molecular weight is 367 g/mol. The third-order valence-corrected chi connectivity index (χ3v) is 4.69. The van der Waals surface area contributed by atoms with E-state index in [2.05, 4.69) is 20.1 Å². The van der Waals surface area contributed by atoms with E-state index in [-0.39, 0.29) is 17.4 Å². The number of aromatic nitrogens is 4. The number of carbonyl (C=O) groups excluding carboxylic acids is 1. The Kier molecular flexibility index (Phi) is 4.62. The van der Waals surface area contributed by atoms with E-state index in [1.165, 1.54) is 12.1 Å². The van der Waals surface area contributed by atoms with E-state index >= 15 is 0 Å². The fourth-order valence-electron chi connectivity index (χ4n) is 3.15. The van der Waals surface area contributed by atoms with E-state index < -0.39 is 5.82 Å². The minimum atomic E-state index is -0.494. The molecule has 2 aromatic heterocycles. The van der Waals surface area contributed by atoms with Gasteiger partial charge in [0.2, 0.25) is 0 Å². The zero-order chi connectivity index (χ0) is 18.8. The van der Waals surface area contributed by atoms with Gasteiger partial charge in [-0.25, -0.2) is 9.37 Å². The topological polar surface area (TPSA) is 85.0 Å². The fourth-order valence-corrected chi connectivity index (χ4v) is 3.15. The van der Waals surface area contributed by atoms with Gasteiger partial charge in [0.15, 0.2) is 5.82 Å². The Morgan fingerprint density at radius 1 is 1.19 bits per heavy atom. The van der Waals surface area contributed by atoms with E-state index in [4.69, 9.17) is 4.52 Å². The van der Waals surface area contributed by atoms with Crippen molar-refractivity contribution in [2.45, 2.75) is 25.7 Å². The molecule has 8 heteroatoms. The Labute approximate surface area is 155 Å². The van der Waals surface area contributed by atoms with Gasteiger partial charge in [-0.3, -0.25) is 9.78 Å². The Hall–Kier alpha value is -3.16. The normalized spacial score (nSPS) is 15.1. The highest BCUT2D eigenvalue weighted by Crippen LogP contribution is 2.28. The molecule has 3 heterocycles. The molecule has 0 bridgehead atoms. The Morgan fingerprint density at radius 3 is 2.67 bits per heavy atom. The number of piperidine rings is 1. The van der Waals surface area contributed by atoms with Gasteiger partial charge in [0.05, 0.1) is 17.5 Å². The second-order valence-electron chi connectivity index (χ2n) is 6.55. The zero-order valence-electron chi connectivity index (χ0n) is 14.8. The number of nitrogens with zero attached hydrogens (tertiary/aromatic N) is 5. The van der Waals surface area contributed by atoms with Crippen molar-refractivity contribution >= 4 is 5.91 Å². The maximum Gasteiger partial charge on any atom is 0.278 e. The highest BCUT2D eigenvalue weighted by Gasteiger charge is 2.28. The van der Waals surface area contributed by atoms with Gasteiger partial charge in [0.25, 0.3) is 11.8 Å². The first-order chi connectivity index (χ1) is 13.1. The van der Waals surface area contributed by atoms with E-state index in [9.17, 15) is 9.18 Å². The molecule has 1 saturated heterocycles. The number of likely N-dealkylation sites (tertiary alicyclic amines) is 1. The number of carbonyl (C=O) groups is 1. The Morgan fingerprint density at radius 2 is 1.96 bits per heavy atom. The van der Waals surface area contributed by atoms with Crippen molar-refractivity contribution in [2.24, 2.45) is 0 Å². The number of hydrogen-bond acceptors (Lipinski definition) is 6. The van der Waals surface area contributed by atoms with Gasteiger partial charge in [-0.15, -0.1) is 0 Å². The Bertz CT molecular complexity index is 949. The first-order valence-electron chi connectivity index (χ1n) is 8.78. The molecule has 4 rings (SSSR count). The molecule has 138 valence electrons. The predicted molar refractivity (Wildman–Crippen MR) is 94.3 cm³/mol. The monoisotopic (exact) mass is 367 g/mol. The molecule has 1 amide bonds. The highest BCUT2D eigenvalue weighted by atomic mass is 19.1.